The average molecular weight is 303 g/mol. The van der Waals surface area contributed by atoms with Crippen LogP contribution in [0.3, 0.4) is 0 Å². The van der Waals surface area contributed by atoms with Crippen LogP contribution in [0.15, 0.2) is 46.8 Å². The lowest BCUT2D eigenvalue weighted by Crippen LogP contribution is -2.15. The van der Waals surface area contributed by atoms with Gasteiger partial charge in [-0.1, -0.05) is 0 Å². The van der Waals surface area contributed by atoms with Gasteiger partial charge in [-0.25, -0.2) is 4.79 Å². The van der Waals surface area contributed by atoms with Gasteiger partial charge in [0.15, 0.2) is 11.6 Å². The molecule has 0 unspecified atom stereocenters. The maximum atomic E-state index is 11.6. The van der Waals surface area contributed by atoms with E-state index in [0.29, 0.717) is 12.4 Å². The molecular weight excluding hydrogens is 286 g/mol. The second kappa shape index (κ2) is 7.26. The first kappa shape index (κ1) is 15.6. The van der Waals surface area contributed by atoms with Gasteiger partial charge in [-0.05, 0) is 26.0 Å². The van der Waals surface area contributed by atoms with Crippen LogP contribution in [0.1, 0.15) is 19.6 Å². The van der Waals surface area contributed by atoms with Crippen molar-refractivity contribution in [3.05, 3.63) is 48.2 Å². The van der Waals surface area contributed by atoms with Crippen LogP contribution in [0.25, 0.3) is 0 Å². The monoisotopic (exact) mass is 303 g/mol. The molecule has 0 bridgehead atoms. The molecule has 2 aromatic heterocycles. The average Bonchev–Trinajstić information content (AvgIpc) is 3.11. The zero-order chi connectivity index (χ0) is 15.9. The van der Waals surface area contributed by atoms with E-state index in [1.807, 2.05) is 6.07 Å². The van der Waals surface area contributed by atoms with Crippen molar-refractivity contribution in [1.29, 1.82) is 0 Å². The fraction of sp³-hybridized carbons (Fsp3) is 0.267. The van der Waals surface area contributed by atoms with Crippen molar-refractivity contribution < 1.29 is 18.7 Å². The number of carbonyl (C=O) groups is 2. The molecule has 0 saturated heterocycles. The molecule has 0 aliphatic rings. The number of ether oxygens (including phenoxy) is 1. The number of Topliss-reactive ketones (excluding diaryl/α,β-unsaturated/α-hetero) is 1. The molecule has 1 N–H and O–H groups in total. The first-order chi connectivity index (χ1) is 10.6. The molecule has 0 atom stereocenters. The summed E-state index contributed by atoms with van der Waals surface area (Å²) < 4.78 is 11.7. The lowest BCUT2D eigenvalue weighted by molar-refractivity contribution is -0.139. The van der Waals surface area contributed by atoms with Gasteiger partial charge in [0.2, 0.25) is 0 Å². The Bertz CT molecular complexity index is 671. The summed E-state index contributed by atoms with van der Waals surface area (Å²) in [6.45, 7) is 3.69. The van der Waals surface area contributed by atoms with E-state index in [0.717, 1.165) is 5.76 Å². The van der Waals surface area contributed by atoms with Crippen molar-refractivity contribution in [2.45, 2.75) is 20.4 Å². The molecule has 22 heavy (non-hydrogen) atoms. The standard InChI is InChI=1S/C15H17N3O4/c1-3-21-15(20)13(11(2)19)9-16-14-6-7-18(17-14)10-12-5-4-8-22-12/h4-9H,3,10H2,1-2H3,(H,16,17)/b13-9-. The molecule has 2 aromatic rings. The van der Waals surface area contributed by atoms with Crippen molar-refractivity contribution in [3.8, 4) is 0 Å². The second-order valence-electron chi connectivity index (χ2n) is 4.46. The van der Waals surface area contributed by atoms with Crippen molar-refractivity contribution >= 4 is 17.6 Å². The van der Waals surface area contributed by atoms with E-state index < -0.39 is 5.97 Å². The zero-order valence-corrected chi connectivity index (χ0v) is 12.4. The van der Waals surface area contributed by atoms with E-state index >= 15 is 0 Å². The molecule has 0 aromatic carbocycles. The third kappa shape index (κ3) is 4.08. The summed E-state index contributed by atoms with van der Waals surface area (Å²) in [5.74, 6) is 0.259. The molecule has 0 fully saturated rings. The third-order valence-electron chi connectivity index (χ3n) is 2.78. The zero-order valence-electron chi connectivity index (χ0n) is 12.4. The normalized spacial score (nSPS) is 11.3. The van der Waals surface area contributed by atoms with Gasteiger partial charge in [-0.2, -0.15) is 5.10 Å². The van der Waals surface area contributed by atoms with E-state index in [2.05, 4.69) is 10.4 Å². The summed E-state index contributed by atoms with van der Waals surface area (Å²) in [6.07, 6.45) is 4.66. The van der Waals surface area contributed by atoms with Crippen LogP contribution in [0.5, 0.6) is 0 Å². The van der Waals surface area contributed by atoms with Gasteiger partial charge in [0.25, 0.3) is 0 Å². The number of esters is 1. The van der Waals surface area contributed by atoms with E-state index in [1.165, 1.54) is 13.1 Å². The van der Waals surface area contributed by atoms with Gasteiger partial charge in [-0.3, -0.25) is 9.48 Å². The van der Waals surface area contributed by atoms with Gasteiger partial charge in [0, 0.05) is 18.5 Å². The Morgan fingerprint density at radius 2 is 2.27 bits per heavy atom. The van der Waals surface area contributed by atoms with Crippen LogP contribution in [0.4, 0.5) is 5.82 Å². The Hall–Kier alpha value is -2.83. The fourth-order valence-corrected chi connectivity index (χ4v) is 1.75. The Morgan fingerprint density at radius 3 is 2.91 bits per heavy atom. The van der Waals surface area contributed by atoms with Crippen LogP contribution in [0, 0.1) is 0 Å². The van der Waals surface area contributed by atoms with Crippen molar-refractivity contribution in [2.24, 2.45) is 0 Å². The second-order valence-corrected chi connectivity index (χ2v) is 4.46. The SMILES string of the molecule is CCOC(=O)/C(=C\Nc1ccn(Cc2ccco2)n1)C(C)=O. The summed E-state index contributed by atoms with van der Waals surface area (Å²) in [5, 5.41) is 7.08. The number of nitrogens with zero attached hydrogens (tertiary/aromatic N) is 2. The minimum absolute atomic E-state index is 0.0533. The molecule has 7 nitrogen and oxygen atoms in total. The first-order valence-electron chi connectivity index (χ1n) is 6.80. The lowest BCUT2D eigenvalue weighted by Gasteiger charge is -2.04. The molecule has 0 aliphatic carbocycles. The third-order valence-corrected chi connectivity index (χ3v) is 2.78. The van der Waals surface area contributed by atoms with Crippen LogP contribution in [-0.4, -0.2) is 28.1 Å². The number of furan rings is 1. The number of aromatic nitrogens is 2. The van der Waals surface area contributed by atoms with Gasteiger partial charge in [0.1, 0.15) is 11.3 Å². The smallest absolute Gasteiger partial charge is 0.343 e. The number of nitrogens with one attached hydrogen (secondary N) is 1. The maximum absolute atomic E-state index is 11.6. The first-order valence-corrected chi connectivity index (χ1v) is 6.80. The molecule has 2 rings (SSSR count). The molecule has 116 valence electrons. The number of hydrogen-bond acceptors (Lipinski definition) is 6. The summed E-state index contributed by atoms with van der Waals surface area (Å²) in [4.78, 5) is 23.1. The molecule has 0 amide bonds. The molecule has 0 spiro atoms. The topological polar surface area (TPSA) is 86.4 Å². The van der Waals surface area contributed by atoms with Crippen molar-refractivity contribution in [1.82, 2.24) is 9.78 Å². The molecule has 0 saturated carbocycles. The lowest BCUT2D eigenvalue weighted by atomic mass is 10.2. The Labute approximate surface area is 127 Å². The quantitative estimate of drug-likeness (QED) is 0.364. The predicted octanol–water partition coefficient (Wildman–Crippen LogP) is 1.97. The predicted molar refractivity (Wildman–Crippen MR) is 79.1 cm³/mol. The minimum Gasteiger partial charge on any atom is -0.467 e. The fourth-order valence-electron chi connectivity index (χ4n) is 1.75. The number of hydrogen-bond donors (Lipinski definition) is 1. The van der Waals surface area contributed by atoms with Crippen LogP contribution >= 0.6 is 0 Å². The Balaban J connectivity index is 2.03. The van der Waals surface area contributed by atoms with Crippen LogP contribution in [0.2, 0.25) is 0 Å². The van der Waals surface area contributed by atoms with Crippen LogP contribution < -0.4 is 5.32 Å². The van der Waals surface area contributed by atoms with E-state index in [9.17, 15) is 9.59 Å². The molecular formula is C15H17N3O4. The summed E-state index contributed by atoms with van der Waals surface area (Å²) in [6, 6.07) is 5.38. The van der Waals surface area contributed by atoms with Crippen molar-refractivity contribution in [2.75, 3.05) is 11.9 Å². The highest BCUT2D eigenvalue weighted by atomic mass is 16.5. The molecule has 0 radical (unpaired) electrons. The minimum atomic E-state index is -0.655. The van der Waals surface area contributed by atoms with E-state index in [-0.39, 0.29) is 18.0 Å². The Kier molecular flexibility index (Phi) is 5.13. The largest absolute Gasteiger partial charge is 0.467 e. The summed E-state index contributed by atoms with van der Waals surface area (Å²) in [7, 11) is 0. The number of ketones is 1. The molecule has 2 heterocycles. The summed E-state index contributed by atoms with van der Waals surface area (Å²) in [5.41, 5.74) is -0.0533. The van der Waals surface area contributed by atoms with E-state index in [1.54, 1.807) is 36.2 Å². The maximum Gasteiger partial charge on any atom is 0.343 e. The number of rotatable bonds is 7. The highest BCUT2D eigenvalue weighted by Gasteiger charge is 2.15. The van der Waals surface area contributed by atoms with Gasteiger partial charge < -0.3 is 14.5 Å². The summed E-state index contributed by atoms with van der Waals surface area (Å²) >= 11 is 0. The van der Waals surface area contributed by atoms with Gasteiger partial charge in [-0.15, -0.1) is 0 Å². The molecule has 0 aliphatic heterocycles. The van der Waals surface area contributed by atoms with Gasteiger partial charge in [0.05, 0.1) is 19.4 Å². The Morgan fingerprint density at radius 1 is 1.45 bits per heavy atom. The highest BCUT2D eigenvalue weighted by Crippen LogP contribution is 2.08. The van der Waals surface area contributed by atoms with E-state index in [4.69, 9.17) is 9.15 Å². The van der Waals surface area contributed by atoms with Crippen LogP contribution in [-0.2, 0) is 20.9 Å². The van der Waals surface area contributed by atoms with Gasteiger partial charge >= 0.3 is 5.97 Å². The number of carbonyl (C=O) groups excluding carboxylic acids is 2. The van der Waals surface area contributed by atoms with Crippen molar-refractivity contribution in [3.63, 3.8) is 0 Å². The molecule has 7 heteroatoms. The highest BCUT2D eigenvalue weighted by molar-refractivity contribution is 6.16. The number of anilines is 1.